The Bertz CT molecular complexity index is 1030. The molecule has 1 aromatic heterocycles. The lowest BCUT2D eigenvalue weighted by atomic mass is 9.86. The van der Waals surface area contributed by atoms with Crippen molar-refractivity contribution in [1.82, 2.24) is 15.3 Å². The fourth-order valence-electron chi connectivity index (χ4n) is 4.33. The number of para-hydroxylation sites is 1. The SMILES string of the molecule is Cc1ccc(CNCC2CCC(Nc3nc(N(C)C)c4ccccc4n3)CC2)cc1F. The van der Waals surface area contributed by atoms with E-state index in [2.05, 4.69) is 16.7 Å². The van der Waals surface area contributed by atoms with Gasteiger partial charge in [-0.15, -0.1) is 0 Å². The van der Waals surface area contributed by atoms with E-state index in [0.29, 0.717) is 30.0 Å². The first-order chi connectivity index (χ1) is 15.0. The van der Waals surface area contributed by atoms with Crippen LogP contribution < -0.4 is 15.5 Å². The third-order valence-electron chi connectivity index (χ3n) is 6.19. The normalized spacial score (nSPS) is 18.8. The Morgan fingerprint density at radius 2 is 1.81 bits per heavy atom. The number of rotatable bonds is 7. The van der Waals surface area contributed by atoms with Crippen LogP contribution in [0.1, 0.15) is 36.8 Å². The van der Waals surface area contributed by atoms with Crippen molar-refractivity contribution in [1.29, 1.82) is 0 Å². The number of nitrogens with one attached hydrogen (secondary N) is 2. The number of fused-ring (bicyclic) bond motifs is 1. The highest BCUT2D eigenvalue weighted by Gasteiger charge is 2.22. The molecule has 0 bridgehead atoms. The number of halogens is 1. The molecule has 0 aliphatic heterocycles. The summed E-state index contributed by atoms with van der Waals surface area (Å²) in [5.41, 5.74) is 2.67. The Balaban J connectivity index is 1.29. The first kappa shape index (κ1) is 21.5. The van der Waals surface area contributed by atoms with E-state index in [9.17, 15) is 4.39 Å². The maximum absolute atomic E-state index is 13.7. The highest BCUT2D eigenvalue weighted by Crippen LogP contribution is 2.28. The standard InChI is InChI=1S/C25H32FN5/c1-17-8-9-19(14-22(17)26)16-27-15-18-10-12-20(13-11-18)28-25-29-23-7-5-4-6-21(23)24(30-25)31(2)3/h4-9,14,18,20,27H,10-13,15-16H2,1-3H3,(H,28,29,30). The average Bonchev–Trinajstić information content (AvgIpc) is 2.77. The van der Waals surface area contributed by atoms with Crippen molar-refractivity contribution in [2.24, 2.45) is 5.92 Å². The predicted octanol–water partition coefficient (Wildman–Crippen LogP) is 4.90. The maximum Gasteiger partial charge on any atom is 0.225 e. The second-order valence-corrected chi connectivity index (χ2v) is 8.86. The molecule has 0 saturated heterocycles. The summed E-state index contributed by atoms with van der Waals surface area (Å²) >= 11 is 0. The molecule has 6 heteroatoms. The van der Waals surface area contributed by atoms with Crippen LogP contribution in [0.25, 0.3) is 10.9 Å². The molecule has 0 atom stereocenters. The molecule has 1 aliphatic rings. The summed E-state index contributed by atoms with van der Waals surface area (Å²) in [7, 11) is 4.03. The van der Waals surface area contributed by atoms with Gasteiger partial charge in [-0.05, 0) is 74.4 Å². The van der Waals surface area contributed by atoms with Crippen LogP contribution >= 0.6 is 0 Å². The molecule has 31 heavy (non-hydrogen) atoms. The summed E-state index contributed by atoms with van der Waals surface area (Å²) < 4.78 is 13.7. The van der Waals surface area contributed by atoms with Crippen LogP contribution in [0, 0.1) is 18.7 Å². The monoisotopic (exact) mass is 421 g/mol. The van der Waals surface area contributed by atoms with E-state index in [0.717, 1.165) is 41.7 Å². The van der Waals surface area contributed by atoms with Gasteiger partial charge in [0.1, 0.15) is 11.6 Å². The molecule has 164 valence electrons. The van der Waals surface area contributed by atoms with Gasteiger partial charge in [-0.2, -0.15) is 4.98 Å². The van der Waals surface area contributed by atoms with Crippen LogP contribution in [-0.2, 0) is 6.54 Å². The van der Waals surface area contributed by atoms with Gasteiger partial charge in [-0.25, -0.2) is 9.37 Å². The van der Waals surface area contributed by atoms with Gasteiger partial charge in [0.15, 0.2) is 0 Å². The largest absolute Gasteiger partial charge is 0.362 e. The van der Waals surface area contributed by atoms with Crippen LogP contribution in [0.5, 0.6) is 0 Å². The van der Waals surface area contributed by atoms with Crippen LogP contribution in [-0.4, -0.2) is 36.6 Å². The molecule has 0 radical (unpaired) electrons. The molecule has 1 heterocycles. The lowest BCUT2D eigenvalue weighted by molar-refractivity contribution is 0.323. The summed E-state index contributed by atoms with van der Waals surface area (Å²) in [5.74, 6) is 2.19. The Kier molecular flexibility index (Phi) is 6.66. The highest BCUT2D eigenvalue weighted by atomic mass is 19.1. The van der Waals surface area contributed by atoms with E-state index in [-0.39, 0.29) is 5.82 Å². The lowest BCUT2D eigenvalue weighted by Crippen LogP contribution is -2.31. The van der Waals surface area contributed by atoms with Gasteiger partial charge in [-0.1, -0.05) is 24.3 Å². The Morgan fingerprint density at radius 3 is 2.55 bits per heavy atom. The Labute approximate surface area is 184 Å². The molecule has 1 aliphatic carbocycles. The van der Waals surface area contributed by atoms with Gasteiger partial charge in [0.2, 0.25) is 5.95 Å². The van der Waals surface area contributed by atoms with E-state index >= 15 is 0 Å². The molecule has 1 fully saturated rings. The van der Waals surface area contributed by atoms with Gasteiger partial charge in [0, 0.05) is 32.1 Å². The van der Waals surface area contributed by atoms with E-state index in [1.165, 1.54) is 12.8 Å². The molecule has 2 aromatic carbocycles. The predicted molar refractivity (Wildman–Crippen MR) is 126 cm³/mol. The zero-order valence-corrected chi connectivity index (χ0v) is 18.7. The summed E-state index contributed by atoms with van der Waals surface area (Å²) in [6.45, 7) is 3.48. The molecule has 5 nitrogen and oxygen atoms in total. The number of anilines is 2. The minimum absolute atomic E-state index is 0.126. The summed E-state index contributed by atoms with van der Waals surface area (Å²) in [6.07, 6.45) is 4.56. The second-order valence-electron chi connectivity index (χ2n) is 8.86. The molecule has 0 amide bonds. The van der Waals surface area contributed by atoms with Crippen molar-refractivity contribution in [3.63, 3.8) is 0 Å². The van der Waals surface area contributed by atoms with E-state index < -0.39 is 0 Å². The van der Waals surface area contributed by atoms with Gasteiger partial charge < -0.3 is 15.5 Å². The first-order valence-corrected chi connectivity index (χ1v) is 11.2. The number of hydrogen-bond donors (Lipinski definition) is 2. The van der Waals surface area contributed by atoms with E-state index in [1.807, 2.05) is 49.3 Å². The zero-order valence-electron chi connectivity index (χ0n) is 18.7. The third-order valence-corrected chi connectivity index (χ3v) is 6.19. The van der Waals surface area contributed by atoms with Gasteiger partial charge in [0.05, 0.1) is 5.52 Å². The fraction of sp³-hybridized carbons (Fsp3) is 0.440. The first-order valence-electron chi connectivity index (χ1n) is 11.2. The van der Waals surface area contributed by atoms with Crippen LogP contribution in [0.3, 0.4) is 0 Å². The number of hydrogen-bond acceptors (Lipinski definition) is 5. The molecule has 0 spiro atoms. The van der Waals surface area contributed by atoms with Gasteiger partial charge >= 0.3 is 0 Å². The summed E-state index contributed by atoms with van der Waals surface area (Å²) in [6, 6.07) is 14.0. The molecule has 2 N–H and O–H groups in total. The molecular weight excluding hydrogens is 389 g/mol. The van der Waals surface area contributed by atoms with Crippen molar-refractivity contribution in [3.8, 4) is 0 Å². The molecular formula is C25H32FN5. The average molecular weight is 422 g/mol. The number of benzene rings is 2. The topological polar surface area (TPSA) is 53.1 Å². The van der Waals surface area contributed by atoms with E-state index in [1.54, 1.807) is 13.0 Å². The maximum atomic E-state index is 13.7. The number of aryl methyl sites for hydroxylation is 1. The Hall–Kier alpha value is -2.73. The minimum Gasteiger partial charge on any atom is -0.362 e. The minimum atomic E-state index is -0.126. The number of aromatic nitrogens is 2. The molecule has 1 saturated carbocycles. The third kappa shape index (κ3) is 5.31. The van der Waals surface area contributed by atoms with Crippen LogP contribution in [0.15, 0.2) is 42.5 Å². The summed E-state index contributed by atoms with van der Waals surface area (Å²) in [4.78, 5) is 11.5. The van der Waals surface area contributed by atoms with Crippen molar-refractivity contribution in [2.45, 2.75) is 45.2 Å². The fourth-order valence-corrected chi connectivity index (χ4v) is 4.33. The van der Waals surface area contributed by atoms with Crippen LogP contribution in [0.2, 0.25) is 0 Å². The smallest absolute Gasteiger partial charge is 0.225 e. The van der Waals surface area contributed by atoms with Gasteiger partial charge in [-0.3, -0.25) is 0 Å². The zero-order chi connectivity index (χ0) is 21.8. The Morgan fingerprint density at radius 1 is 1.03 bits per heavy atom. The number of nitrogens with zero attached hydrogens (tertiary/aromatic N) is 3. The van der Waals surface area contributed by atoms with Crippen LogP contribution in [0.4, 0.5) is 16.2 Å². The van der Waals surface area contributed by atoms with Crippen molar-refractivity contribution in [2.75, 3.05) is 30.9 Å². The highest BCUT2D eigenvalue weighted by molar-refractivity contribution is 5.90. The van der Waals surface area contributed by atoms with Crippen molar-refractivity contribution >= 4 is 22.7 Å². The second kappa shape index (κ2) is 9.60. The van der Waals surface area contributed by atoms with Gasteiger partial charge in [0.25, 0.3) is 0 Å². The molecule has 4 rings (SSSR count). The molecule has 3 aromatic rings. The molecule has 0 unspecified atom stereocenters. The summed E-state index contributed by atoms with van der Waals surface area (Å²) in [5, 5.41) is 8.15. The van der Waals surface area contributed by atoms with Crippen molar-refractivity contribution < 1.29 is 4.39 Å². The van der Waals surface area contributed by atoms with E-state index in [4.69, 9.17) is 9.97 Å². The lowest BCUT2D eigenvalue weighted by Gasteiger charge is -2.29. The van der Waals surface area contributed by atoms with Crippen molar-refractivity contribution in [3.05, 3.63) is 59.4 Å². The quantitative estimate of drug-likeness (QED) is 0.568.